The third-order valence-corrected chi connectivity index (χ3v) is 2.03. The van der Waals surface area contributed by atoms with Crippen LogP contribution >= 0.6 is 0 Å². The summed E-state index contributed by atoms with van der Waals surface area (Å²) < 4.78 is 4.83. The second kappa shape index (κ2) is 4.42. The van der Waals surface area contributed by atoms with Gasteiger partial charge in [-0.25, -0.2) is 0 Å². The maximum absolute atomic E-state index is 11.5. The van der Waals surface area contributed by atoms with Gasteiger partial charge in [0.05, 0.1) is 11.8 Å². The van der Waals surface area contributed by atoms with Crippen LogP contribution in [-0.2, 0) is 0 Å². The summed E-state index contributed by atoms with van der Waals surface area (Å²) in [6.07, 6.45) is 6.26. The highest BCUT2D eigenvalue weighted by Gasteiger charge is 2.01. The fourth-order valence-corrected chi connectivity index (χ4v) is 1.24. The molecule has 1 aromatic carbocycles. The van der Waals surface area contributed by atoms with Crippen molar-refractivity contribution in [3.63, 3.8) is 0 Å². The van der Waals surface area contributed by atoms with Crippen molar-refractivity contribution in [1.82, 2.24) is 0 Å². The monoisotopic (exact) mass is 198 g/mol. The number of hydrogen-bond donors (Lipinski definition) is 0. The molecule has 0 radical (unpaired) electrons. The van der Waals surface area contributed by atoms with E-state index in [9.17, 15) is 4.79 Å². The molecular weight excluding hydrogens is 188 g/mol. The third-order valence-electron chi connectivity index (χ3n) is 2.03. The number of rotatable bonds is 3. The standard InChI is InChI=1S/C13H10O2/c14-13(12-8-9-15-10-12)7-6-11-4-2-1-3-5-11/h1-10H/b7-6+. The molecule has 0 saturated carbocycles. The zero-order chi connectivity index (χ0) is 10.5. The molecule has 0 unspecified atom stereocenters. The van der Waals surface area contributed by atoms with Crippen LogP contribution in [0.2, 0.25) is 0 Å². The molecule has 0 aliphatic carbocycles. The number of carbonyl (C=O) groups is 1. The Bertz CT molecular complexity index is 453. The summed E-state index contributed by atoms with van der Waals surface area (Å²) in [6.45, 7) is 0. The Morgan fingerprint density at radius 3 is 2.60 bits per heavy atom. The fourth-order valence-electron chi connectivity index (χ4n) is 1.24. The normalized spacial score (nSPS) is 10.7. The van der Waals surface area contributed by atoms with E-state index in [0.29, 0.717) is 5.56 Å². The van der Waals surface area contributed by atoms with Gasteiger partial charge < -0.3 is 4.42 Å². The summed E-state index contributed by atoms with van der Waals surface area (Å²) in [7, 11) is 0. The van der Waals surface area contributed by atoms with Crippen LogP contribution in [0.4, 0.5) is 0 Å². The van der Waals surface area contributed by atoms with E-state index in [1.807, 2.05) is 30.3 Å². The molecule has 2 rings (SSSR count). The molecule has 2 aromatic rings. The Balaban J connectivity index is 2.10. The van der Waals surface area contributed by atoms with E-state index in [1.165, 1.54) is 12.5 Å². The molecular formula is C13H10O2. The Morgan fingerprint density at radius 2 is 1.93 bits per heavy atom. The Kier molecular flexibility index (Phi) is 2.79. The Morgan fingerprint density at radius 1 is 1.13 bits per heavy atom. The molecule has 0 spiro atoms. The molecule has 0 amide bonds. The van der Waals surface area contributed by atoms with Crippen molar-refractivity contribution in [2.75, 3.05) is 0 Å². The van der Waals surface area contributed by atoms with Crippen molar-refractivity contribution < 1.29 is 9.21 Å². The first-order valence-corrected chi connectivity index (χ1v) is 4.66. The summed E-state index contributed by atoms with van der Waals surface area (Å²) in [5, 5.41) is 0. The second-order valence-electron chi connectivity index (χ2n) is 3.12. The van der Waals surface area contributed by atoms with Gasteiger partial charge in [0.15, 0.2) is 5.78 Å². The highest BCUT2D eigenvalue weighted by molar-refractivity contribution is 6.06. The van der Waals surface area contributed by atoms with E-state index >= 15 is 0 Å². The lowest BCUT2D eigenvalue weighted by atomic mass is 10.1. The zero-order valence-electron chi connectivity index (χ0n) is 8.09. The highest BCUT2D eigenvalue weighted by atomic mass is 16.3. The summed E-state index contributed by atoms with van der Waals surface area (Å²) in [5.74, 6) is -0.0485. The van der Waals surface area contributed by atoms with Gasteiger partial charge in [-0.05, 0) is 17.7 Å². The number of benzene rings is 1. The van der Waals surface area contributed by atoms with E-state index in [4.69, 9.17) is 4.42 Å². The lowest BCUT2D eigenvalue weighted by molar-refractivity contribution is 0.104. The summed E-state index contributed by atoms with van der Waals surface area (Å²) >= 11 is 0. The van der Waals surface area contributed by atoms with Crippen LogP contribution < -0.4 is 0 Å². The first-order valence-electron chi connectivity index (χ1n) is 4.66. The first kappa shape index (κ1) is 9.46. The van der Waals surface area contributed by atoms with Crippen molar-refractivity contribution in [3.8, 4) is 0 Å². The molecule has 15 heavy (non-hydrogen) atoms. The van der Waals surface area contributed by atoms with Crippen LogP contribution in [0.15, 0.2) is 59.4 Å². The average molecular weight is 198 g/mol. The number of furan rings is 1. The molecule has 0 N–H and O–H groups in total. The lowest BCUT2D eigenvalue weighted by Crippen LogP contribution is -1.89. The molecule has 0 fully saturated rings. The SMILES string of the molecule is O=C(/C=C/c1ccccc1)c1ccoc1. The van der Waals surface area contributed by atoms with Gasteiger partial charge in [0.2, 0.25) is 0 Å². The molecule has 2 heteroatoms. The van der Waals surface area contributed by atoms with Crippen LogP contribution in [0.5, 0.6) is 0 Å². The molecule has 1 heterocycles. The molecule has 1 aromatic heterocycles. The van der Waals surface area contributed by atoms with Gasteiger partial charge in [0.25, 0.3) is 0 Å². The van der Waals surface area contributed by atoms with Gasteiger partial charge >= 0.3 is 0 Å². The molecule has 0 aliphatic rings. The van der Waals surface area contributed by atoms with Gasteiger partial charge in [-0.15, -0.1) is 0 Å². The van der Waals surface area contributed by atoms with E-state index in [-0.39, 0.29) is 5.78 Å². The number of carbonyl (C=O) groups excluding carboxylic acids is 1. The van der Waals surface area contributed by atoms with E-state index < -0.39 is 0 Å². The minimum absolute atomic E-state index is 0.0485. The molecule has 0 atom stereocenters. The number of allylic oxidation sites excluding steroid dienone is 1. The molecule has 0 bridgehead atoms. The predicted octanol–water partition coefficient (Wildman–Crippen LogP) is 3.18. The van der Waals surface area contributed by atoms with Crippen LogP contribution in [0, 0.1) is 0 Å². The van der Waals surface area contributed by atoms with Gasteiger partial charge in [-0.3, -0.25) is 4.79 Å². The van der Waals surface area contributed by atoms with E-state index in [1.54, 1.807) is 18.2 Å². The van der Waals surface area contributed by atoms with Crippen molar-refractivity contribution in [1.29, 1.82) is 0 Å². The van der Waals surface area contributed by atoms with Gasteiger partial charge in [0, 0.05) is 0 Å². The van der Waals surface area contributed by atoms with Crippen molar-refractivity contribution >= 4 is 11.9 Å². The van der Waals surface area contributed by atoms with Gasteiger partial charge in [-0.2, -0.15) is 0 Å². The largest absolute Gasteiger partial charge is 0.472 e. The van der Waals surface area contributed by atoms with Crippen molar-refractivity contribution in [2.45, 2.75) is 0 Å². The van der Waals surface area contributed by atoms with E-state index in [0.717, 1.165) is 5.56 Å². The van der Waals surface area contributed by atoms with Crippen LogP contribution in [0.1, 0.15) is 15.9 Å². The second-order valence-corrected chi connectivity index (χ2v) is 3.12. The maximum atomic E-state index is 11.5. The number of hydrogen-bond acceptors (Lipinski definition) is 2. The Labute approximate surface area is 87.8 Å². The van der Waals surface area contributed by atoms with Crippen LogP contribution in [0.25, 0.3) is 6.08 Å². The topological polar surface area (TPSA) is 30.2 Å². The minimum Gasteiger partial charge on any atom is -0.472 e. The fraction of sp³-hybridized carbons (Fsp3) is 0. The maximum Gasteiger partial charge on any atom is 0.189 e. The van der Waals surface area contributed by atoms with Crippen LogP contribution in [-0.4, -0.2) is 5.78 Å². The first-order chi connectivity index (χ1) is 7.36. The smallest absolute Gasteiger partial charge is 0.189 e. The highest BCUT2D eigenvalue weighted by Crippen LogP contribution is 2.05. The average Bonchev–Trinajstić information content (AvgIpc) is 2.81. The number of ketones is 1. The van der Waals surface area contributed by atoms with Crippen molar-refractivity contribution in [2.24, 2.45) is 0 Å². The van der Waals surface area contributed by atoms with Crippen molar-refractivity contribution in [3.05, 3.63) is 66.1 Å². The zero-order valence-corrected chi connectivity index (χ0v) is 8.09. The summed E-state index contributed by atoms with van der Waals surface area (Å²) in [5.41, 5.74) is 1.58. The van der Waals surface area contributed by atoms with Crippen LogP contribution in [0.3, 0.4) is 0 Å². The summed E-state index contributed by atoms with van der Waals surface area (Å²) in [6, 6.07) is 11.3. The predicted molar refractivity (Wildman–Crippen MR) is 58.5 cm³/mol. The lowest BCUT2D eigenvalue weighted by Gasteiger charge is -1.90. The molecule has 74 valence electrons. The summed E-state index contributed by atoms with van der Waals surface area (Å²) in [4.78, 5) is 11.5. The third kappa shape index (κ3) is 2.44. The quantitative estimate of drug-likeness (QED) is 0.560. The van der Waals surface area contributed by atoms with Gasteiger partial charge in [-0.1, -0.05) is 36.4 Å². The van der Waals surface area contributed by atoms with E-state index in [2.05, 4.69) is 0 Å². The molecule has 0 saturated heterocycles. The minimum atomic E-state index is -0.0485. The molecule has 0 aliphatic heterocycles. The Hall–Kier alpha value is -2.09. The van der Waals surface area contributed by atoms with Gasteiger partial charge in [0.1, 0.15) is 6.26 Å². The molecule has 2 nitrogen and oxygen atoms in total.